The number of nitrogens with zero attached hydrogens (tertiary/aromatic N) is 6. The number of hydrogen-bond donors (Lipinski definition) is 1. The van der Waals surface area contributed by atoms with Gasteiger partial charge in [-0.2, -0.15) is 4.98 Å². The Hall–Kier alpha value is -4.58. The predicted molar refractivity (Wildman–Crippen MR) is 183 cm³/mol. The minimum absolute atomic E-state index is 0.0189. The van der Waals surface area contributed by atoms with Crippen LogP contribution >= 0.6 is 0 Å². The fourth-order valence-corrected chi connectivity index (χ4v) is 6.49. The summed E-state index contributed by atoms with van der Waals surface area (Å²) >= 11 is 0. The van der Waals surface area contributed by atoms with E-state index >= 15 is 0 Å². The van der Waals surface area contributed by atoms with E-state index in [1.807, 2.05) is 50.9 Å². The van der Waals surface area contributed by atoms with E-state index in [2.05, 4.69) is 40.4 Å². The molecule has 0 saturated carbocycles. The molecule has 2 aromatic carbocycles. The Morgan fingerprint density at radius 2 is 1.74 bits per heavy atom. The van der Waals surface area contributed by atoms with Gasteiger partial charge >= 0.3 is 0 Å². The minimum Gasteiger partial charge on any atom is -0.475 e. The van der Waals surface area contributed by atoms with Gasteiger partial charge in [0.1, 0.15) is 12.4 Å². The first-order valence-corrected chi connectivity index (χ1v) is 17.3. The van der Waals surface area contributed by atoms with Crippen molar-refractivity contribution in [2.24, 2.45) is 5.41 Å². The first-order valence-electron chi connectivity index (χ1n) is 15.8. The summed E-state index contributed by atoms with van der Waals surface area (Å²) in [5, 5.41) is 0. The molecule has 0 radical (unpaired) electrons. The average Bonchev–Trinajstić information content (AvgIpc) is 3.02. The summed E-state index contributed by atoms with van der Waals surface area (Å²) in [5.74, 6) is 0.429. The molecule has 12 heteroatoms. The SMILES string of the molecule is CCN(C)c1cncc(CN2C(=O)c3cccc(c3)S(=O)(=O)Nc3nc(cc(-c4c(C)cccc4C)n3)OC[C@H]2CCC(C)(C)C)n1. The lowest BCUT2D eigenvalue weighted by atomic mass is 9.88. The number of fused-ring (bicyclic) bond motifs is 4. The van der Waals surface area contributed by atoms with E-state index < -0.39 is 16.1 Å². The molecular weight excluding hydrogens is 614 g/mol. The number of aryl methyl sites for hydroxylation is 2. The van der Waals surface area contributed by atoms with E-state index in [0.717, 1.165) is 29.7 Å². The van der Waals surface area contributed by atoms with Crippen LogP contribution in [0.4, 0.5) is 11.8 Å². The molecule has 11 nitrogen and oxygen atoms in total. The van der Waals surface area contributed by atoms with Crippen molar-refractivity contribution in [1.29, 1.82) is 0 Å². The normalized spacial score (nSPS) is 16.3. The predicted octanol–water partition coefficient (Wildman–Crippen LogP) is 6.04. The molecule has 4 bridgehead atoms. The topological polar surface area (TPSA) is 131 Å². The largest absolute Gasteiger partial charge is 0.475 e. The third-order valence-electron chi connectivity index (χ3n) is 8.28. The zero-order valence-electron chi connectivity index (χ0n) is 28.1. The molecule has 4 aromatic rings. The Balaban J connectivity index is 1.66. The van der Waals surface area contributed by atoms with Crippen molar-refractivity contribution >= 4 is 27.7 Å². The van der Waals surface area contributed by atoms with Crippen LogP contribution in [0, 0.1) is 19.3 Å². The molecule has 1 aliphatic rings. The van der Waals surface area contributed by atoms with Gasteiger partial charge < -0.3 is 14.5 Å². The van der Waals surface area contributed by atoms with Crippen LogP contribution in [0.2, 0.25) is 0 Å². The highest BCUT2D eigenvalue weighted by atomic mass is 32.2. The van der Waals surface area contributed by atoms with Crippen molar-refractivity contribution in [2.75, 3.05) is 29.8 Å². The van der Waals surface area contributed by atoms with Gasteiger partial charge in [-0.05, 0) is 68.4 Å². The van der Waals surface area contributed by atoms with E-state index in [1.165, 1.54) is 12.1 Å². The molecule has 5 rings (SSSR count). The van der Waals surface area contributed by atoms with Crippen molar-refractivity contribution in [3.05, 3.63) is 83.3 Å². The fraction of sp³-hybridized carbons (Fsp3) is 0.400. The number of nitrogens with one attached hydrogen (secondary N) is 1. The first kappa shape index (κ1) is 33.8. The van der Waals surface area contributed by atoms with E-state index in [1.54, 1.807) is 35.5 Å². The smallest absolute Gasteiger partial charge is 0.264 e. The van der Waals surface area contributed by atoms with Crippen LogP contribution in [0.1, 0.15) is 67.7 Å². The molecule has 3 heterocycles. The second kappa shape index (κ2) is 13.6. The summed E-state index contributed by atoms with van der Waals surface area (Å²) < 4.78 is 36.2. The second-order valence-electron chi connectivity index (χ2n) is 13.2. The van der Waals surface area contributed by atoms with E-state index in [0.29, 0.717) is 23.6 Å². The number of aromatic nitrogens is 4. The number of rotatable bonds is 7. The summed E-state index contributed by atoms with van der Waals surface area (Å²) in [6, 6.07) is 13.3. The van der Waals surface area contributed by atoms with Crippen molar-refractivity contribution in [3.8, 4) is 17.1 Å². The summed E-state index contributed by atoms with van der Waals surface area (Å²) in [7, 11) is -2.24. The zero-order valence-corrected chi connectivity index (χ0v) is 28.9. The second-order valence-corrected chi connectivity index (χ2v) is 14.9. The lowest BCUT2D eigenvalue weighted by Crippen LogP contribution is -2.44. The monoisotopic (exact) mass is 657 g/mol. The summed E-state index contributed by atoms with van der Waals surface area (Å²) in [5.41, 5.74) is 4.16. The highest BCUT2D eigenvalue weighted by molar-refractivity contribution is 7.92. The van der Waals surface area contributed by atoms with E-state index in [-0.39, 0.29) is 46.8 Å². The van der Waals surface area contributed by atoms with Crippen LogP contribution in [0.15, 0.2) is 65.8 Å². The molecule has 1 N–H and O–H groups in total. The number of benzene rings is 2. The molecule has 0 fully saturated rings. The van der Waals surface area contributed by atoms with E-state index in [9.17, 15) is 13.2 Å². The quantitative estimate of drug-likeness (QED) is 0.253. The maximum absolute atomic E-state index is 14.4. The van der Waals surface area contributed by atoms with Gasteiger partial charge in [0.25, 0.3) is 15.9 Å². The van der Waals surface area contributed by atoms with Gasteiger partial charge in [0.05, 0.1) is 41.3 Å². The summed E-state index contributed by atoms with van der Waals surface area (Å²) in [6.07, 6.45) is 4.76. The maximum Gasteiger partial charge on any atom is 0.264 e. The van der Waals surface area contributed by atoms with Gasteiger partial charge in [0.2, 0.25) is 11.8 Å². The Morgan fingerprint density at radius 3 is 2.45 bits per heavy atom. The summed E-state index contributed by atoms with van der Waals surface area (Å²) in [4.78, 5) is 36.3. The average molecular weight is 658 g/mol. The first-order chi connectivity index (χ1) is 22.2. The maximum atomic E-state index is 14.4. The fourth-order valence-electron chi connectivity index (χ4n) is 5.50. The van der Waals surface area contributed by atoms with Crippen LogP contribution in [0.3, 0.4) is 0 Å². The summed E-state index contributed by atoms with van der Waals surface area (Å²) in [6.45, 7) is 13.4. The van der Waals surface area contributed by atoms with Crippen LogP contribution in [-0.4, -0.2) is 65.4 Å². The van der Waals surface area contributed by atoms with Crippen LogP contribution in [-0.2, 0) is 16.6 Å². The number of anilines is 2. The highest BCUT2D eigenvalue weighted by Crippen LogP contribution is 2.31. The van der Waals surface area contributed by atoms with Crippen LogP contribution in [0.5, 0.6) is 5.88 Å². The van der Waals surface area contributed by atoms with E-state index in [4.69, 9.17) is 9.72 Å². The van der Waals surface area contributed by atoms with Gasteiger partial charge in [0.15, 0.2) is 0 Å². The van der Waals surface area contributed by atoms with Crippen LogP contribution in [0.25, 0.3) is 11.3 Å². The standard InChI is InChI=1S/C35H43N7O4S/c1-8-41(7)30-20-36-19-26(37-30)21-42-27(15-16-35(4,5)6)22-46-31-18-29(32-23(2)11-9-12-24(32)3)38-34(39-31)40-47(44,45)28-14-10-13-25(17-28)33(42)43/h9-14,17-20,27H,8,15-16,21-22H2,1-7H3,(H,38,39,40)/t27-/m1/s1. The highest BCUT2D eigenvalue weighted by Gasteiger charge is 2.30. The number of sulfonamides is 1. The Morgan fingerprint density at radius 1 is 1.02 bits per heavy atom. The van der Waals surface area contributed by atoms with Gasteiger partial charge in [-0.25, -0.2) is 23.1 Å². The van der Waals surface area contributed by atoms with Gasteiger partial charge in [-0.1, -0.05) is 45.0 Å². The number of amides is 1. The Bertz CT molecular complexity index is 1850. The number of carbonyl (C=O) groups excluding carboxylic acids is 1. The molecule has 0 aliphatic carbocycles. The van der Waals surface area contributed by atoms with Crippen molar-refractivity contribution < 1.29 is 17.9 Å². The van der Waals surface area contributed by atoms with Gasteiger partial charge in [-0.15, -0.1) is 0 Å². The third kappa shape index (κ3) is 8.05. The van der Waals surface area contributed by atoms with Crippen molar-refractivity contribution in [1.82, 2.24) is 24.8 Å². The third-order valence-corrected chi connectivity index (χ3v) is 9.60. The van der Waals surface area contributed by atoms with Crippen LogP contribution < -0.4 is 14.4 Å². The minimum atomic E-state index is -4.17. The molecular formula is C35H43N7O4S. The number of carbonyl (C=O) groups is 1. The lowest BCUT2D eigenvalue weighted by Gasteiger charge is -2.33. The molecule has 47 heavy (non-hydrogen) atoms. The van der Waals surface area contributed by atoms with Gasteiger partial charge in [0, 0.05) is 30.8 Å². The number of hydrogen-bond acceptors (Lipinski definition) is 9. The Kier molecular flexibility index (Phi) is 9.81. The molecule has 0 spiro atoms. The molecule has 1 aliphatic heterocycles. The number of ether oxygens (including phenoxy) is 1. The molecule has 248 valence electrons. The van der Waals surface area contributed by atoms with Crippen molar-refractivity contribution in [3.63, 3.8) is 0 Å². The molecule has 0 saturated heterocycles. The zero-order chi connectivity index (χ0) is 33.9. The van der Waals surface area contributed by atoms with Gasteiger partial charge in [-0.3, -0.25) is 9.78 Å². The molecule has 1 amide bonds. The molecule has 0 unspecified atom stereocenters. The Labute approximate surface area is 277 Å². The lowest BCUT2D eigenvalue weighted by molar-refractivity contribution is 0.0549. The van der Waals surface area contributed by atoms with Crippen molar-refractivity contribution in [2.45, 2.75) is 71.9 Å². The molecule has 1 atom stereocenters. The molecule has 2 aromatic heterocycles.